The fourth-order valence-corrected chi connectivity index (χ4v) is 1.89. The summed E-state index contributed by atoms with van der Waals surface area (Å²) in [5.74, 6) is -0.683. The van der Waals surface area contributed by atoms with Gasteiger partial charge in [-0.1, -0.05) is 38.5 Å². The summed E-state index contributed by atoms with van der Waals surface area (Å²) >= 11 is 0. The van der Waals surface area contributed by atoms with Crippen molar-refractivity contribution in [2.45, 2.75) is 64.3 Å². The van der Waals surface area contributed by atoms with Gasteiger partial charge in [0.05, 0.1) is 0 Å². The second kappa shape index (κ2) is 9.56. The molecule has 0 spiro atoms. The second-order valence-electron chi connectivity index (χ2n) is 4.55. The van der Waals surface area contributed by atoms with Crippen LogP contribution in [0.5, 0.6) is 0 Å². The third-order valence-corrected chi connectivity index (χ3v) is 2.92. The van der Waals surface area contributed by atoms with Crippen molar-refractivity contribution < 1.29 is 9.90 Å². The van der Waals surface area contributed by atoms with E-state index in [1.54, 1.807) is 11.0 Å². The molecule has 1 aromatic heterocycles. The second-order valence-corrected chi connectivity index (χ2v) is 4.55. The predicted octanol–water partition coefficient (Wildman–Crippen LogP) is 2.27. The molecule has 102 valence electrons. The molecule has 18 heavy (non-hydrogen) atoms. The number of unbranched alkanes of at least 4 members (excludes halogenated alkanes) is 7. The van der Waals surface area contributed by atoms with Crippen molar-refractivity contribution in [1.82, 2.24) is 20.2 Å². The van der Waals surface area contributed by atoms with Crippen LogP contribution in [0, 0.1) is 0 Å². The first-order chi connectivity index (χ1) is 8.79. The van der Waals surface area contributed by atoms with Gasteiger partial charge in [-0.25, -0.2) is 4.68 Å². The highest BCUT2D eigenvalue weighted by molar-refractivity contribution is 5.66. The molecule has 0 aliphatic rings. The first-order valence-corrected chi connectivity index (χ1v) is 6.71. The molecular formula is C12H22N4O2. The Labute approximate surface area is 107 Å². The minimum absolute atomic E-state index is 0.311. The number of nitrogens with zero attached hydrogens (tertiary/aromatic N) is 4. The molecule has 0 aliphatic carbocycles. The zero-order valence-corrected chi connectivity index (χ0v) is 10.8. The molecule has 1 rings (SSSR count). The minimum Gasteiger partial charge on any atom is -0.481 e. The number of tetrazole rings is 1. The van der Waals surface area contributed by atoms with Crippen LogP contribution in [-0.2, 0) is 11.3 Å². The molecule has 0 aliphatic heterocycles. The zero-order valence-electron chi connectivity index (χ0n) is 10.8. The van der Waals surface area contributed by atoms with E-state index < -0.39 is 5.97 Å². The van der Waals surface area contributed by atoms with Crippen molar-refractivity contribution in [2.24, 2.45) is 0 Å². The van der Waals surface area contributed by atoms with Gasteiger partial charge >= 0.3 is 5.97 Å². The molecule has 1 heterocycles. The van der Waals surface area contributed by atoms with Crippen molar-refractivity contribution in [1.29, 1.82) is 0 Å². The number of carboxylic acid groups (broad SMARTS) is 1. The standard InChI is InChI=1S/C12H22N4O2/c17-12(18)9-7-5-3-1-2-4-6-8-10-16-11-13-14-15-16/h11H,1-10H2,(H,17,18). The molecule has 6 nitrogen and oxygen atoms in total. The highest BCUT2D eigenvalue weighted by Gasteiger charge is 1.97. The van der Waals surface area contributed by atoms with Crippen LogP contribution in [0.25, 0.3) is 0 Å². The van der Waals surface area contributed by atoms with E-state index in [0.29, 0.717) is 6.42 Å². The first-order valence-electron chi connectivity index (χ1n) is 6.71. The van der Waals surface area contributed by atoms with Gasteiger partial charge in [-0.05, 0) is 23.3 Å². The number of aromatic nitrogens is 4. The van der Waals surface area contributed by atoms with Gasteiger partial charge in [0.2, 0.25) is 0 Å². The summed E-state index contributed by atoms with van der Waals surface area (Å²) in [7, 11) is 0. The summed E-state index contributed by atoms with van der Waals surface area (Å²) in [5, 5.41) is 19.4. The van der Waals surface area contributed by atoms with Crippen molar-refractivity contribution in [3.63, 3.8) is 0 Å². The Bertz CT molecular complexity index is 314. The number of carboxylic acids is 1. The average Bonchev–Trinajstić information content (AvgIpc) is 2.84. The molecule has 1 N–H and O–H groups in total. The molecule has 0 saturated heterocycles. The van der Waals surface area contributed by atoms with E-state index in [1.807, 2.05) is 0 Å². The Kier molecular flexibility index (Phi) is 7.75. The van der Waals surface area contributed by atoms with Crippen molar-refractivity contribution in [3.8, 4) is 0 Å². The van der Waals surface area contributed by atoms with Crippen LogP contribution in [0.3, 0.4) is 0 Å². The summed E-state index contributed by atoms with van der Waals surface area (Å²) in [6, 6.07) is 0. The molecular weight excluding hydrogens is 232 g/mol. The molecule has 0 saturated carbocycles. The average molecular weight is 254 g/mol. The van der Waals surface area contributed by atoms with Crippen molar-refractivity contribution in [3.05, 3.63) is 6.33 Å². The van der Waals surface area contributed by atoms with Crippen molar-refractivity contribution in [2.75, 3.05) is 0 Å². The normalized spacial score (nSPS) is 10.7. The summed E-state index contributed by atoms with van der Waals surface area (Å²) < 4.78 is 1.76. The monoisotopic (exact) mass is 254 g/mol. The Hall–Kier alpha value is -1.46. The van der Waals surface area contributed by atoms with Gasteiger partial charge < -0.3 is 5.11 Å². The van der Waals surface area contributed by atoms with Crippen LogP contribution >= 0.6 is 0 Å². The van der Waals surface area contributed by atoms with Gasteiger partial charge in [0, 0.05) is 13.0 Å². The van der Waals surface area contributed by atoms with Crippen LogP contribution in [0.1, 0.15) is 57.8 Å². The van der Waals surface area contributed by atoms with Crippen LogP contribution in [-0.4, -0.2) is 31.3 Å². The van der Waals surface area contributed by atoms with E-state index in [-0.39, 0.29) is 0 Å². The maximum Gasteiger partial charge on any atom is 0.303 e. The molecule has 0 fully saturated rings. The maximum atomic E-state index is 10.3. The smallest absolute Gasteiger partial charge is 0.303 e. The highest BCUT2D eigenvalue weighted by atomic mass is 16.4. The van der Waals surface area contributed by atoms with Crippen LogP contribution in [0.2, 0.25) is 0 Å². The largest absolute Gasteiger partial charge is 0.481 e. The summed E-state index contributed by atoms with van der Waals surface area (Å²) in [4.78, 5) is 10.3. The number of hydrogen-bond acceptors (Lipinski definition) is 4. The van der Waals surface area contributed by atoms with E-state index in [1.165, 1.54) is 25.7 Å². The third kappa shape index (κ3) is 7.76. The SMILES string of the molecule is O=C(O)CCCCCCCCCCn1cnnn1. The van der Waals surface area contributed by atoms with Gasteiger partial charge in [-0.3, -0.25) is 4.79 Å². The number of carbonyl (C=O) groups is 1. The Morgan fingerprint density at radius 2 is 1.61 bits per heavy atom. The first kappa shape index (κ1) is 14.6. The Morgan fingerprint density at radius 3 is 2.17 bits per heavy atom. The maximum absolute atomic E-state index is 10.3. The van der Waals surface area contributed by atoms with Gasteiger partial charge in [0.25, 0.3) is 0 Å². The highest BCUT2D eigenvalue weighted by Crippen LogP contribution is 2.09. The lowest BCUT2D eigenvalue weighted by atomic mass is 10.1. The zero-order chi connectivity index (χ0) is 13.1. The van der Waals surface area contributed by atoms with Gasteiger partial charge in [0.1, 0.15) is 6.33 Å². The molecule has 0 aromatic carbocycles. The number of hydrogen-bond donors (Lipinski definition) is 1. The van der Waals surface area contributed by atoms with Crippen LogP contribution < -0.4 is 0 Å². The molecule has 0 radical (unpaired) electrons. The summed E-state index contributed by atoms with van der Waals surface area (Å²) in [5.41, 5.74) is 0. The third-order valence-electron chi connectivity index (χ3n) is 2.92. The number of aliphatic carboxylic acids is 1. The minimum atomic E-state index is -0.683. The Balaban J connectivity index is 1.77. The quantitative estimate of drug-likeness (QED) is 0.613. The molecule has 1 aromatic rings. The molecule has 0 unspecified atom stereocenters. The fraction of sp³-hybridized carbons (Fsp3) is 0.833. The molecule has 6 heteroatoms. The number of rotatable bonds is 11. The van der Waals surface area contributed by atoms with Crippen molar-refractivity contribution >= 4 is 5.97 Å². The van der Waals surface area contributed by atoms with E-state index in [0.717, 1.165) is 32.2 Å². The van der Waals surface area contributed by atoms with Gasteiger partial charge in [-0.2, -0.15) is 0 Å². The van der Waals surface area contributed by atoms with Gasteiger partial charge in [0.15, 0.2) is 0 Å². The molecule has 0 atom stereocenters. The lowest BCUT2D eigenvalue weighted by Crippen LogP contribution is -1.98. The predicted molar refractivity (Wildman–Crippen MR) is 67.0 cm³/mol. The van der Waals surface area contributed by atoms with E-state index in [2.05, 4.69) is 15.5 Å². The van der Waals surface area contributed by atoms with Crippen LogP contribution in [0.4, 0.5) is 0 Å². The van der Waals surface area contributed by atoms with Crippen LogP contribution in [0.15, 0.2) is 6.33 Å². The van der Waals surface area contributed by atoms with E-state index >= 15 is 0 Å². The topological polar surface area (TPSA) is 80.9 Å². The summed E-state index contributed by atoms with van der Waals surface area (Å²) in [6.45, 7) is 0.894. The van der Waals surface area contributed by atoms with E-state index in [9.17, 15) is 4.79 Å². The molecule has 0 amide bonds. The Morgan fingerprint density at radius 1 is 1.00 bits per heavy atom. The number of aryl methyl sites for hydroxylation is 1. The van der Waals surface area contributed by atoms with E-state index in [4.69, 9.17) is 5.11 Å². The fourth-order valence-electron chi connectivity index (χ4n) is 1.89. The lowest BCUT2D eigenvalue weighted by Gasteiger charge is -2.01. The lowest BCUT2D eigenvalue weighted by molar-refractivity contribution is -0.137. The van der Waals surface area contributed by atoms with Gasteiger partial charge in [-0.15, -0.1) is 5.10 Å². The molecule has 0 bridgehead atoms. The summed E-state index contributed by atoms with van der Waals surface area (Å²) in [6.07, 6.45) is 11.0.